The topological polar surface area (TPSA) is 29.5 Å². The predicted octanol–water partition coefficient (Wildman–Crippen LogP) is 4.75. The Balaban J connectivity index is 1.95. The predicted molar refractivity (Wildman–Crippen MR) is 83.9 cm³/mol. The van der Waals surface area contributed by atoms with Crippen LogP contribution in [0.25, 0.3) is 0 Å². The highest BCUT2D eigenvalue weighted by Gasteiger charge is 2.34. The van der Waals surface area contributed by atoms with E-state index in [2.05, 4.69) is 12.6 Å². The molecule has 1 aromatic heterocycles. The molecule has 1 unspecified atom stereocenters. The molecule has 0 spiro atoms. The monoisotopic (exact) mass is 359 g/mol. The molecule has 0 fully saturated rings. The number of halogens is 3. The molecule has 1 aliphatic rings. The highest BCUT2D eigenvalue weighted by Crippen LogP contribution is 2.39. The van der Waals surface area contributed by atoms with Crippen molar-refractivity contribution in [2.45, 2.75) is 18.8 Å². The molecule has 0 aliphatic carbocycles. The normalized spacial score (nSPS) is 18.1. The van der Waals surface area contributed by atoms with Crippen LogP contribution in [0.3, 0.4) is 0 Å². The molecule has 1 atom stereocenters. The first-order valence-electron chi connectivity index (χ1n) is 6.74. The van der Waals surface area contributed by atoms with Crippen molar-refractivity contribution >= 4 is 29.2 Å². The zero-order valence-electron chi connectivity index (χ0n) is 11.7. The molecule has 3 nitrogen and oxygen atoms in total. The molecule has 23 heavy (non-hydrogen) atoms. The average molecular weight is 359 g/mol. The minimum atomic E-state index is -4.38. The van der Waals surface area contributed by atoms with Gasteiger partial charge >= 0.3 is 6.18 Å². The summed E-state index contributed by atoms with van der Waals surface area (Å²) in [6, 6.07) is 9.59. The lowest BCUT2D eigenvalue weighted by molar-refractivity contribution is -0.134. The number of ether oxygens (including phenoxy) is 1. The van der Waals surface area contributed by atoms with Gasteiger partial charge in [-0.25, -0.2) is 0 Å². The number of thiophene rings is 1. The van der Waals surface area contributed by atoms with Crippen molar-refractivity contribution in [3.8, 4) is 5.75 Å². The maximum Gasteiger partial charge on any atom is 0.425 e. The van der Waals surface area contributed by atoms with Crippen LogP contribution in [0.1, 0.15) is 21.4 Å². The standard InChI is InChI=1S/C15H12F3NO2S2/c16-15(17,18)13-6-5-12(23-13)11-8-19(14(20)22)7-9-3-1-2-4-10(9)21-11/h1-6,11H,7-8H2,(H,20,22). The van der Waals surface area contributed by atoms with Crippen LogP contribution in [0.15, 0.2) is 36.4 Å². The van der Waals surface area contributed by atoms with Gasteiger partial charge in [0.05, 0.1) is 13.1 Å². The minimum absolute atomic E-state index is 0.148. The zero-order valence-corrected chi connectivity index (χ0v) is 13.4. The lowest BCUT2D eigenvalue weighted by Gasteiger charge is -2.21. The van der Waals surface area contributed by atoms with E-state index in [4.69, 9.17) is 4.74 Å². The number of alkyl halides is 3. The number of amides is 1. The molecule has 0 bridgehead atoms. The van der Waals surface area contributed by atoms with E-state index in [9.17, 15) is 18.0 Å². The SMILES string of the molecule is O=C(S)N1Cc2ccccc2OC(c2ccc(C(F)(F)F)s2)C1. The number of thiol groups is 1. The quantitative estimate of drug-likeness (QED) is 0.745. The van der Waals surface area contributed by atoms with Crippen molar-refractivity contribution in [1.82, 2.24) is 4.90 Å². The highest BCUT2D eigenvalue weighted by molar-refractivity contribution is 7.96. The Morgan fingerprint density at radius 1 is 1.26 bits per heavy atom. The van der Waals surface area contributed by atoms with Crippen molar-refractivity contribution in [1.29, 1.82) is 0 Å². The molecule has 0 saturated carbocycles. The molecule has 0 N–H and O–H groups in total. The van der Waals surface area contributed by atoms with Crippen molar-refractivity contribution in [2.24, 2.45) is 0 Å². The Morgan fingerprint density at radius 2 is 2.00 bits per heavy atom. The van der Waals surface area contributed by atoms with Crippen LogP contribution < -0.4 is 4.74 Å². The molecule has 1 amide bonds. The summed E-state index contributed by atoms with van der Waals surface area (Å²) in [7, 11) is 0. The summed E-state index contributed by atoms with van der Waals surface area (Å²) in [6.07, 6.45) is -5.04. The summed E-state index contributed by atoms with van der Waals surface area (Å²) in [5.74, 6) is 0.566. The van der Waals surface area contributed by atoms with Crippen molar-refractivity contribution in [3.63, 3.8) is 0 Å². The van der Waals surface area contributed by atoms with Gasteiger partial charge in [-0.2, -0.15) is 13.2 Å². The third-order valence-corrected chi connectivity index (χ3v) is 4.99. The number of carbonyl (C=O) groups is 1. The maximum atomic E-state index is 12.8. The second-order valence-corrected chi connectivity index (χ2v) is 6.58. The molecule has 122 valence electrons. The van der Waals surface area contributed by atoms with Gasteiger partial charge in [0, 0.05) is 10.4 Å². The zero-order chi connectivity index (χ0) is 16.6. The molecule has 2 heterocycles. The lowest BCUT2D eigenvalue weighted by atomic mass is 10.2. The van der Waals surface area contributed by atoms with Crippen molar-refractivity contribution in [3.05, 3.63) is 51.7 Å². The van der Waals surface area contributed by atoms with E-state index in [1.165, 1.54) is 11.0 Å². The van der Waals surface area contributed by atoms with Gasteiger partial charge in [-0.05, 0) is 18.2 Å². The van der Waals surface area contributed by atoms with Crippen LogP contribution >= 0.6 is 24.0 Å². The number of para-hydroxylation sites is 1. The van der Waals surface area contributed by atoms with E-state index in [1.807, 2.05) is 12.1 Å². The Hall–Kier alpha value is -1.67. The van der Waals surface area contributed by atoms with E-state index in [0.29, 0.717) is 28.5 Å². The van der Waals surface area contributed by atoms with Gasteiger partial charge in [0.15, 0.2) is 6.10 Å². The van der Waals surface area contributed by atoms with E-state index in [-0.39, 0.29) is 6.54 Å². The second-order valence-electron chi connectivity index (χ2n) is 5.08. The maximum absolute atomic E-state index is 12.8. The second kappa shape index (κ2) is 6.09. The molecule has 1 aliphatic heterocycles. The van der Waals surface area contributed by atoms with E-state index in [0.717, 1.165) is 11.6 Å². The number of fused-ring (bicyclic) bond motifs is 1. The third-order valence-electron chi connectivity index (χ3n) is 3.48. The van der Waals surface area contributed by atoms with Crippen LogP contribution in [0, 0.1) is 0 Å². The van der Waals surface area contributed by atoms with E-state index >= 15 is 0 Å². The Morgan fingerprint density at radius 3 is 2.65 bits per heavy atom. The first-order chi connectivity index (χ1) is 10.8. The van der Waals surface area contributed by atoms with Crippen LogP contribution in [-0.4, -0.2) is 16.7 Å². The number of nitrogens with zero attached hydrogens (tertiary/aromatic N) is 1. The molecule has 1 aromatic carbocycles. The van der Waals surface area contributed by atoms with Crippen LogP contribution in [0.5, 0.6) is 5.75 Å². The van der Waals surface area contributed by atoms with Crippen molar-refractivity contribution < 1.29 is 22.7 Å². The summed E-state index contributed by atoms with van der Waals surface area (Å²) in [4.78, 5) is 12.9. The van der Waals surface area contributed by atoms with Gasteiger partial charge in [0.1, 0.15) is 10.6 Å². The van der Waals surface area contributed by atoms with E-state index < -0.39 is 22.4 Å². The Labute approximate surface area is 140 Å². The Bertz CT molecular complexity index is 730. The average Bonchev–Trinajstić information content (AvgIpc) is 2.89. The Kier molecular flexibility index (Phi) is 4.29. The summed E-state index contributed by atoms with van der Waals surface area (Å²) in [5, 5.41) is -0.442. The summed E-state index contributed by atoms with van der Waals surface area (Å²) < 4.78 is 44.2. The fraction of sp³-hybridized carbons (Fsp3) is 0.267. The third kappa shape index (κ3) is 3.48. The molecular formula is C15H12F3NO2S2. The first kappa shape index (κ1) is 16.2. The van der Waals surface area contributed by atoms with Gasteiger partial charge in [-0.15, -0.1) is 11.3 Å². The lowest BCUT2D eigenvalue weighted by Crippen LogP contribution is -2.29. The molecule has 8 heteroatoms. The smallest absolute Gasteiger partial charge is 0.425 e. The van der Waals surface area contributed by atoms with Gasteiger partial charge in [-0.3, -0.25) is 4.79 Å². The molecular weight excluding hydrogens is 347 g/mol. The van der Waals surface area contributed by atoms with Gasteiger partial charge in [-0.1, -0.05) is 30.8 Å². The number of benzene rings is 1. The number of hydrogen-bond acceptors (Lipinski definition) is 3. The molecule has 3 rings (SSSR count). The number of rotatable bonds is 1. The molecule has 2 aromatic rings. The first-order valence-corrected chi connectivity index (χ1v) is 8.00. The number of hydrogen-bond donors (Lipinski definition) is 1. The molecule has 0 saturated heterocycles. The van der Waals surface area contributed by atoms with Gasteiger partial charge < -0.3 is 9.64 Å². The van der Waals surface area contributed by atoms with Crippen LogP contribution in [0.2, 0.25) is 0 Å². The fourth-order valence-corrected chi connectivity index (χ4v) is 3.43. The van der Waals surface area contributed by atoms with Gasteiger partial charge in [0.2, 0.25) is 0 Å². The highest BCUT2D eigenvalue weighted by atomic mass is 32.1. The van der Waals surface area contributed by atoms with Crippen LogP contribution in [-0.2, 0) is 12.7 Å². The summed E-state index contributed by atoms with van der Waals surface area (Å²) in [5.41, 5.74) is 0.796. The van der Waals surface area contributed by atoms with E-state index in [1.54, 1.807) is 12.1 Å². The summed E-state index contributed by atoms with van der Waals surface area (Å²) in [6.45, 7) is 0.460. The summed E-state index contributed by atoms with van der Waals surface area (Å²) >= 11 is 4.47. The van der Waals surface area contributed by atoms with Crippen LogP contribution in [0.4, 0.5) is 18.0 Å². The van der Waals surface area contributed by atoms with Crippen molar-refractivity contribution in [2.75, 3.05) is 6.54 Å². The minimum Gasteiger partial charge on any atom is -0.483 e. The largest absolute Gasteiger partial charge is 0.483 e. The fourth-order valence-electron chi connectivity index (χ4n) is 2.38. The molecule has 0 radical (unpaired) electrons. The number of carbonyl (C=O) groups excluding carboxylic acids is 1. The van der Waals surface area contributed by atoms with Gasteiger partial charge in [0.25, 0.3) is 5.24 Å².